The van der Waals surface area contributed by atoms with Crippen LogP contribution in [0.2, 0.25) is 0 Å². The Hall–Kier alpha value is -1.62. The molecular weight excluding hydrogens is 490 g/mol. The van der Waals surface area contributed by atoms with Crippen LogP contribution in [0.1, 0.15) is 84.0 Å². The molecule has 10 heteroatoms. The molecule has 0 aliphatic rings. The molecule has 0 radical (unpaired) electrons. The van der Waals surface area contributed by atoms with Gasteiger partial charge >= 0.3 is 16.4 Å². The van der Waals surface area contributed by atoms with E-state index in [1.807, 2.05) is 0 Å². The van der Waals surface area contributed by atoms with Crippen LogP contribution >= 0.6 is 10.3 Å². The average Bonchev–Trinajstić information content (AvgIpc) is 2.81. The van der Waals surface area contributed by atoms with E-state index in [0.717, 1.165) is 26.4 Å². The number of hydrogen-bond donors (Lipinski definition) is 1. The maximum atomic E-state index is 12.0. The molecule has 1 rings (SSSR count). The van der Waals surface area contributed by atoms with Crippen LogP contribution in [0, 0.1) is 0 Å². The third-order valence-electron chi connectivity index (χ3n) is 5.52. The molecule has 202 valence electrons. The summed E-state index contributed by atoms with van der Waals surface area (Å²) in [5.41, 5.74) is 0. The molecule has 0 bridgehead atoms. The molecule has 0 fully saturated rings. The molecule has 0 saturated carbocycles. The van der Waals surface area contributed by atoms with Gasteiger partial charge < -0.3 is 10.1 Å². The van der Waals surface area contributed by atoms with Gasteiger partial charge in [0.25, 0.3) is 0 Å². The first kappa shape index (κ1) is 31.4. The first-order valence-corrected chi connectivity index (χ1v) is 16.1. The van der Waals surface area contributed by atoms with E-state index < -0.39 is 26.7 Å². The van der Waals surface area contributed by atoms with Crippen LogP contribution in [0.15, 0.2) is 29.2 Å². The van der Waals surface area contributed by atoms with E-state index in [1.165, 1.54) is 51.4 Å². The summed E-state index contributed by atoms with van der Waals surface area (Å²) in [4.78, 5) is 24.6. The number of esters is 1. The summed E-state index contributed by atoms with van der Waals surface area (Å²) < 4.78 is 37.8. The zero-order valence-electron chi connectivity index (χ0n) is 21.7. The monoisotopic (exact) mass is 533 g/mol. The number of nitrogens with one attached hydrogen (secondary N) is 1. The van der Waals surface area contributed by atoms with Gasteiger partial charge in [-0.25, -0.2) is 4.79 Å². The van der Waals surface area contributed by atoms with Crippen LogP contribution in [0.3, 0.4) is 0 Å². The lowest BCUT2D eigenvalue weighted by molar-refractivity contribution is -0.135. The number of amides is 1. The van der Waals surface area contributed by atoms with Crippen molar-refractivity contribution in [1.29, 1.82) is 0 Å². The van der Waals surface area contributed by atoms with Gasteiger partial charge in [-0.05, 0) is 43.2 Å². The van der Waals surface area contributed by atoms with Crippen molar-refractivity contribution in [3.8, 4) is 5.75 Å². The normalized spacial score (nSPS) is 12.3. The highest BCUT2D eigenvalue weighted by molar-refractivity contribution is 8.31. The Morgan fingerprint density at radius 2 is 1.34 bits per heavy atom. The van der Waals surface area contributed by atoms with Crippen molar-refractivity contribution in [2.75, 3.05) is 26.2 Å². The number of ether oxygens (including phenoxy) is 1. The number of rotatable bonds is 19. The molecule has 0 aliphatic heterocycles. The average molecular weight is 534 g/mol. The molecule has 0 saturated heterocycles. The summed E-state index contributed by atoms with van der Waals surface area (Å²) in [6.07, 6.45) is 17.1. The number of unbranched alkanes of at least 4 members (excludes halogenated alkanes) is 10. The maximum Gasteiger partial charge on any atom is 0.409 e. The van der Waals surface area contributed by atoms with Crippen LogP contribution in [-0.4, -0.2) is 46.5 Å². The summed E-state index contributed by atoms with van der Waals surface area (Å²) in [6, 6.07) is 6.37. The molecule has 0 heterocycles. The minimum atomic E-state index is -4.08. The third kappa shape index (κ3) is 14.5. The minimum Gasteiger partial charge on any atom is -0.425 e. The van der Waals surface area contributed by atoms with E-state index in [9.17, 15) is 18.0 Å². The molecule has 1 amide bonds. The fraction of sp³-hybridized carbons (Fsp3) is 0.680. The fourth-order valence-electron chi connectivity index (χ4n) is 3.49. The van der Waals surface area contributed by atoms with Gasteiger partial charge in [0.15, 0.2) is 0 Å². The van der Waals surface area contributed by atoms with Gasteiger partial charge in [0.2, 0.25) is 5.91 Å². The molecular formula is C25H43NO7S2. The predicted octanol–water partition coefficient (Wildman–Crippen LogP) is 5.66. The lowest BCUT2D eigenvalue weighted by Gasteiger charge is -2.29. The van der Waals surface area contributed by atoms with E-state index in [4.69, 9.17) is 8.37 Å². The van der Waals surface area contributed by atoms with E-state index >= 15 is 0 Å². The summed E-state index contributed by atoms with van der Waals surface area (Å²) in [7, 11) is -5.17. The molecule has 0 aromatic heterocycles. The van der Waals surface area contributed by atoms with Gasteiger partial charge in [-0.15, -0.1) is 0 Å². The van der Waals surface area contributed by atoms with Crippen molar-refractivity contribution >= 4 is 32.6 Å². The van der Waals surface area contributed by atoms with Crippen molar-refractivity contribution in [2.45, 2.75) is 88.9 Å². The number of hydrogen-bond acceptors (Lipinski definition) is 7. The number of carbonyl (C=O) groups is 2. The molecule has 1 N–H and O–H groups in total. The van der Waals surface area contributed by atoms with Crippen molar-refractivity contribution < 1.29 is 30.6 Å². The summed E-state index contributed by atoms with van der Waals surface area (Å²) in [5, 5.41) is 2.60. The standard InChI is InChI=1S/C25H43NO7S2/c1-5-6-7-8-9-10-11-12-13-14-15-16-24(27)26-21-25(28)32-22-17-19-23(20-18-22)34(3,4)33-35(29,30)31-2/h17-20H,5-16,21H2,1-4H3,(H,26,27). The van der Waals surface area contributed by atoms with Gasteiger partial charge in [0, 0.05) is 11.3 Å². The quantitative estimate of drug-likeness (QED) is 0.139. The first-order valence-electron chi connectivity index (χ1n) is 12.4. The van der Waals surface area contributed by atoms with Crippen LogP contribution < -0.4 is 10.1 Å². The second-order valence-electron chi connectivity index (χ2n) is 8.88. The Balaban J connectivity index is 2.21. The zero-order chi connectivity index (χ0) is 26.2. The van der Waals surface area contributed by atoms with Crippen molar-refractivity contribution in [3.05, 3.63) is 24.3 Å². The Morgan fingerprint density at radius 1 is 0.829 bits per heavy atom. The topological polar surface area (TPSA) is 108 Å². The van der Waals surface area contributed by atoms with Crippen LogP contribution in [0.5, 0.6) is 5.75 Å². The van der Waals surface area contributed by atoms with Crippen LogP contribution in [0.25, 0.3) is 0 Å². The highest BCUT2D eigenvalue weighted by Gasteiger charge is 2.24. The predicted molar refractivity (Wildman–Crippen MR) is 141 cm³/mol. The summed E-state index contributed by atoms with van der Waals surface area (Å²) in [6.45, 7) is 2.03. The van der Waals surface area contributed by atoms with E-state index in [0.29, 0.717) is 17.1 Å². The van der Waals surface area contributed by atoms with Gasteiger partial charge in [0.1, 0.15) is 12.3 Å². The lowest BCUT2D eigenvalue weighted by atomic mass is 10.1. The Bertz CT molecular complexity index is 855. The van der Waals surface area contributed by atoms with Gasteiger partial charge in [0.05, 0.1) is 7.11 Å². The van der Waals surface area contributed by atoms with Gasteiger partial charge in [-0.1, -0.05) is 81.4 Å². The van der Waals surface area contributed by atoms with Crippen LogP contribution in [0.4, 0.5) is 0 Å². The van der Waals surface area contributed by atoms with Gasteiger partial charge in [-0.3, -0.25) is 8.98 Å². The molecule has 0 aliphatic carbocycles. The summed E-state index contributed by atoms with van der Waals surface area (Å²) >= 11 is 0. The molecule has 8 nitrogen and oxygen atoms in total. The Labute approximate surface area is 213 Å². The smallest absolute Gasteiger partial charge is 0.409 e. The van der Waals surface area contributed by atoms with Crippen molar-refractivity contribution in [2.24, 2.45) is 0 Å². The van der Waals surface area contributed by atoms with Gasteiger partial charge in [-0.2, -0.15) is 12.0 Å². The lowest BCUT2D eigenvalue weighted by Crippen LogP contribution is -2.31. The van der Waals surface area contributed by atoms with E-state index in [-0.39, 0.29) is 12.5 Å². The Morgan fingerprint density at radius 3 is 1.86 bits per heavy atom. The van der Waals surface area contributed by atoms with Crippen LogP contribution in [-0.2, 0) is 27.8 Å². The molecule has 0 atom stereocenters. The number of carbonyl (C=O) groups excluding carboxylic acids is 2. The maximum absolute atomic E-state index is 12.0. The molecule has 35 heavy (non-hydrogen) atoms. The second kappa shape index (κ2) is 16.9. The number of benzene rings is 1. The first-order chi connectivity index (χ1) is 16.6. The minimum absolute atomic E-state index is 0.157. The molecule has 1 aromatic carbocycles. The van der Waals surface area contributed by atoms with E-state index in [2.05, 4.69) is 16.4 Å². The highest BCUT2D eigenvalue weighted by atomic mass is 32.3. The van der Waals surface area contributed by atoms with Crippen molar-refractivity contribution in [3.63, 3.8) is 0 Å². The molecule has 0 spiro atoms. The van der Waals surface area contributed by atoms with E-state index in [1.54, 1.807) is 36.8 Å². The molecule has 1 aromatic rings. The Kier molecular flexibility index (Phi) is 15.2. The van der Waals surface area contributed by atoms with Crippen molar-refractivity contribution in [1.82, 2.24) is 5.32 Å². The third-order valence-corrected chi connectivity index (χ3v) is 9.36. The fourth-order valence-corrected chi connectivity index (χ4v) is 6.48. The largest absolute Gasteiger partial charge is 0.425 e. The highest BCUT2D eigenvalue weighted by Crippen LogP contribution is 2.51. The summed E-state index contributed by atoms with van der Waals surface area (Å²) in [5.74, 6) is -0.437. The molecule has 0 unspecified atom stereocenters. The SMILES string of the molecule is CCCCCCCCCCCCCC(=O)NCC(=O)Oc1ccc(S(C)(C)OS(=O)(=O)OC)cc1. The second-order valence-corrected chi connectivity index (χ2v) is 13.5. The zero-order valence-corrected chi connectivity index (χ0v) is 23.3.